The minimum atomic E-state index is 0.0532. The molecule has 0 aliphatic carbocycles. The maximum absolute atomic E-state index is 11.7. The highest BCUT2D eigenvalue weighted by Crippen LogP contribution is 2.24. The second kappa shape index (κ2) is 5.31. The van der Waals surface area contributed by atoms with Gasteiger partial charge in [-0.1, -0.05) is 19.9 Å². The van der Waals surface area contributed by atoms with Gasteiger partial charge in [-0.25, -0.2) is 0 Å². The van der Waals surface area contributed by atoms with Crippen molar-refractivity contribution in [1.29, 1.82) is 0 Å². The molecule has 0 heterocycles. The third-order valence-corrected chi connectivity index (χ3v) is 3.13. The Bertz CT molecular complexity index is 363. The molecule has 82 valence electrons. The monoisotopic (exact) mass is 269 g/mol. The third kappa shape index (κ3) is 3.34. The van der Waals surface area contributed by atoms with Gasteiger partial charge in [0.1, 0.15) is 0 Å². The summed E-state index contributed by atoms with van der Waals surface area (Å²) in [6.45, 7) is 5.94. The predicted octanol–water partition coefficient (Wildman–Crippen LogP) is 3.74. The zero-order valence-corrected chi connectivity index (χ0v) is 10.9. The van der Waals surface area contributed by atoms with Crippen LogP contribution in [0.5, 0.6) is 0 Å². The minimum absolute atomic E-state index is 0.0532. The topological polar surface area (TPSA) is 29.1 Å². The number of rotatable bonds is 3. The molecule has 1 unspecified atom stereocenters. The fraction of sp³-hybridized carbons (Fsp3) is 0.417. The fourth-order valence-electron chi connectivity index (χ4n) is 1.18. The maximum Gasteiger partial charge on any atom is 0.227 e. The van der Waals surface area contributed by atoms with Crippen LogP contribution in [0.2, 0.25) is 0 Å². The van der Waals surface area contributed by atoms with E-state index in [2.05, 4.69) is 21.2 Å². The molecule has 15 heavy (non-hydrogen) atoms. The van der Waals surface area contributed by atoms with Crippen molar-refractivity contribution >= 4 is 27.5 Å². The number of hydrogen-bond acceptors (Lipinski definition) is 1. The number of hydrogen-bond donors (Lipinski definition) is 1. The van der Waals surface area contributed by atoms with Crippen LogP contribution >= 0.6 is 15.9 Å². The first-order valence-corrected chi connectivity index (χ1v) is 5.91. The molecule has 0 saturated heterocycles. The number of anilines is 1. The van der Waals surface area contributed by atoms with Crippen molar-refractivity contribution in [3.05, 3.63) is 28.2 Å². The summed E-state index contributed by atoms with van der Waals surface area (Å²) in [4.78, 5) is 11.7. The molecule has 0 saturated carbocycles. The molecule has 0 bridgehead atoms. The van der Waals surface area contributed by atoms with Gasteiger partial charge in [-0.05, 0) is 47.0 Å². The summed E-state index contributed by atoms with van der Waals surface area (Å²) in [5.74, 6) is 0.126. The smallest absolute Gasteiger partial charge is 0.227 e. The van der Waals surface area contributed by atoms with Crippen LogP contribution in [-0.4, -0.2) is 5.91 Å². The van der Waals surface area contributed by atoms with Crippen molar-refractivity contribution in [2.45, 2.75) is 27.2 Å². The molecule has 0 radical (unpaired) electrons. The highest BCUT2D eigenvalue weighted by molar-refractivity contribution is 9.10. The Labute approximate surface area is 99.2 Å². The fourth-order valence-corrected chi connectivity index (χ4v) is 1.52. The molecule has 0 spiro atoms. The first-order chi connectivity index (χ1) is 7.04. The number of nitrogens with one attached hydrogen (secondary N) is 1. The van der Waals surface area contributed by atoms with E-state index in [0.717, 1.165) is 22.1 Å². The summed E-state index contributed by atoms with van der Waals surface area (Å²) >= 11 is 3.42. The van der Waals surface area contributed by atoms with Crippen molar-refractivity contribution in [1.82, 2.24) is 0 Å². The third-order valence-electron chi connectivity index (χ3n) is 2.44. The summed E-state index contributed by atoms with van der Waals surface area (Å²) in [5, 5.41) is 2.92. The number of aryl methyl sites for hydroxylation is 1. The SMILES string of the molecule is CCC(C)C(=O)Nc1cc(C)ccc1Br. The molecular weight excluding hydrogens is 254 g/mol. The van der Waals surface area contributed by atoms with E-state index >= 15 is 0 Å². The van der Waals surface area contributed by atoms with Crippen LogP contribution in [0.3, 0.4) is 0 Å². The van der Waals surface area contributed by atoms with E-state index in [0.29, 0.717) is 0 Å². The lowest BCUT2D eigenvalue weighted by atomic mass is 10.1. The molecule has 2 nitrogen and oxygen atoms in total. The first-order valence-electron chi connectivity index (χ1n) is 5.11. The molecule has 0 aliphatic rings. The van der Waals surface area contributed by atoms with Gasteiger partial charge in [-0.15, -0.1) is 0 Å². The standard InChI is InChI=1S/C12H16BrNO/c1-4-9(3)12(15)14-11-7-8(2)5-6-10(11)13/h5-7,9H,4H2,1-3H3,(H,14,15). The van der Waals surface area contributed by atoms with Crippen molar-refractivity contribution in [3.8, 4) is 0 Å². The lowest BCUT2D eigenvalue weighted by Gasteiger charge is -2.11. The average molecular weight is 270 g/mol. The van der Waals surface area contributed by atoms with Gasteiger partial charge in [0.25, 0.3) is 0 Å². The average Bonchev–Trinajstić information content (AvgIpc) is 2.22. The second-order valence-corrected chi connectivity index (χ2v) is 4.64. The highest BCUT2D eigenvalue weighted by Gasteiger charge is 2.11. The van der Waals surface area contributed by atoms with Crippen LogP contribution < -0.4 is 5.32 Å². The van der Waals surface area contributed by atoms with E-state index in [1.807, 2.05) is 39.0 Å². The lowest BCUT2D eigenvalue weighted by molar-refractivity contribution is -0.119. The highest BCUT2D eigenvalue weighted by atomic mass is 79.9. The molecule has 1 N–H and O–H groups in total. The summed E-state index contributed by atoms with van der Waals surface area (Å²) in [5.41, 5.74) is 1.98. The molecule has 0 aromatic heterocycles. The summed E-state index contributed by atoms with van der Waals surface area (Å²) in [6.07, 6.45) is 0.856. The van der Waals surface area contributed by atoms with Gasteiger partial charge in [-0.3, -0.25) is 4.79 Å². The lowest BCUT2D eigenvalue weighted by Crippen LogP contribution is -2.19. The molecule has 0 aliphatic heterocycles. The van der Waals surface area contributed by atoms with Crippen molar-refractivity contribution < 1.29 is 4.79 Å². The van der Waals surface area contributed by atoms with E-state index in [1.165, 1.54) is 0 Å². The molecule has 0 fully saturated rings. The van der Waals surface area contributed by atoms with Crippen LogP contribution in [0, 0.1) is 12.8 Å². The predicted molar refractivity (Wildman–Crippen MR) is 67.0 cm³/mol. The number of benzene rings is 1. The Balaban J connectivity index is 2.80. The molecule has 1 amide bonds. The van der Waals surface area contributed by atoms with Gasteiger partial charge in [0.2, 0.25) is 5.91 Å². The van der Waals surface area contributed by atoms with Crippen LogP contribution in [0.25, 0.3) is 0 Å². The van der Waals surface area contributed by atoms with Crippen LogP contribution in [0.4, 0.5) is 5.69 Å². The van der Waals surface area contributed by atoms with Crippen molar-refractivity contribution in [2.75, 3.05) is 5.32 Å². The number of amides is 1. The normalized spacial score (nSPS) is 12.3. The van der Waals surface area contributed by atoms with Crippen LogP contribution in [0.15, 0.2) is 22.7 Å². The van der Waals surface area contributed by atoms with Gasteiger partial charge < -0.3 is 5.32 Å². The van der Waals surface area contributed by atoms with Crippen LogP contribution in [0.1, 0.15) is 25.8 Å². The van der Waals surface area contributed by atoms with Gasteiger partial charge in [0.15, 0.2) is 0 Å². The Kier molecular flexibility index (Phi) is 4.33. The molecule has 1 atom stereocenters. The number of carbonyl (C=O) groups is 1. The van der Waals surface area contributed by atoms with E-state index in [9.17, 15) is 4.79 Å². The Hall–Kier alpha value is -0.830. The quantitative estimate of drug-likeness (QED) is 0.890. The second-order valence-electron chi connectivity index (χ2n) is 3.78. The van der Waals surface area contributed by atoms with Gasteiger partial charge >= 0.3 is 0 Å². The van der Waals surface area contributed by atoms with Crippen LogP contribution in [-0.2, 0) is 4.79 Å². The number of halogens is 1. The molecule has 1 rings (SSSR count). The Morgan fingerprint density at radius 2 is 2.20 bits per heavy atom. The Morgan fingerprint density at radius 1 is 1.53 bits per heavy atom. The summed E-state index contributed by atoms with van der Waals surface area (Å²) < 4.78 is 0.921. The van der Waals surface area contributed by atoms with E-state index in [4.69, 9.17) is 0 Å². The zero-order chi connectivity index (χ0) is 11.4. The van der Waals surface area contributed by atoms with Crippen molar-refractivity contribution in [3.63, 3.8) is 0 Å². The van der Waals surface area contributed by atoms with Gasteiger partial charge in [0.05, 0.1) is 5.69 Å². The number of carbonyl (C=O) groups excluding carboxylic acids is 1. The zero-order valence-electron chi connectivity index (χ0n) is 9.30. The largest absolute Gasteiger partial charge is 0.325 e. The van der Waals surface area contributed by atoms with Gasteiger partial charge in [-0.2, -0.15) is 0 Å². The summed E-state index contributed by atoms with van der Waals surface area (Å²) in [6, 6.07) is 5.91. The minimum Gasteiger partial charge on any atom is -0.325 e. The molecular formula is C12H16BrNO. The molecule has 3 heteroatoms. The Morgan fingerprint density at radius 3 is 2.80 bits per heavy atom. The maximum atomic E-state index is 11.7. The van der Waals surface area contributed by atoms with Crippen molar-refractivity contribution in [2.24, 2.45) is 5.92 Å². The molecule has 1 aromatic rings. The molecule has 1 aromatic carbocycles. The van der Waals surface area contributed by atoms with E-state index < -0.39 is 0 Å². The van der Waals surface area contributed by atoms with E-state index in [1.54, 1.807) is 0 Å². The van der Waals surface area contributed by atoms with E-state index in [-0.39, 0.29) is 11.8 Å². The summed E-state index contributed by atoms with van der Waals surface area (Å²) in [7, 11) is 0. The van der Waals surface area contributed by atoms with Gasteiger partial charge in [0, 0.05) is 10.4 Å². The first kappa shape index (κ1) is 12.2.